The van der Waals surface area contributed by atoms with Crippen molar-refractivity contribution in [2.45, 2.75) is 13.1 Å². The van der Waals surface area contributed by atoms with Gasteiger partial charge >= 0.3 is 12.1 Å². The highest BCUT2D eigenvalue weighted by molar-refractivity contribution is 6.00. The van der Waals surface area contributed by atoms with Gasteiger partial charge in [0.05, 0.1) is 18.0 Å². The Balaban J connectivity index is 0.00000242. The van der Waals surface area contributed by atoms with Gasteiger partial charge in [-0.25, -0.2) is 4.79 Å². The van der Waals surface area contributed by atoms with Crippen LogP contribution in [0.4, 0.5) is 18.9 Å². The molecular weight excluding hydrogens is 321 g/mol. The molecule has 0 saturated heterocycles. The predicted octanol–water partition coefficient (Wildman–Crippen LogP) is 3.88. The fourth-order valence-corrected chi connectivity index (χ4v) is 1.97. The van der Waals surface area contributed by atoms with Crippen LogP contribution in [0.1, 0.15) is 23.0 Å². The molecule has 2 aromatic rings. The van der Waals surface area contributed by atoms with Crippen LogP contribution in [0.5, 0.6) is 0 Å². The molecule has 0 saturated carbocycles. The molecule has 2 rings (SSSR count). The summed E-state index contributed by atoms with van der Waals surface area (Å²) in [6.45, 7) is 1.47. The van der Waals surface area contributed by atoms with Crippen LogP contribution >= 0.6 is 12.4 Å². The van der Waals surface area contributed by atoms with Crippen LogP contribution in [0.2, 0.25) is 0 Å². The van der Waals surface area contributed by atoms with E-state index in [2.05, 4.69) is 9.72 Å². The normalized spacial score (nSPS) is 10.9. The molecule has 1 aromatic heterocycles. The first kappa shape index (κ1) is 17.9. The molecule has 1 aromatic carbocycles. The lowest BCUT2D eigenvalue weighted by atomic mass is 10.1. The zero-order valence-corrected chi connectivity index (χ0v) is 12.3. The summed E-state index contributed by atoms with van der Waals surface area (Å²) in [5.41, 5.74) is 4.09. The predicted molar refractivity (Wildman–Crippen MR) is 78.8 cm³/mol. The zero-order valence-electron chi connectivity index (χ0n) is 11.5. The van der Waals surface area contributed by atoms with E-state index in [4.69, 9.17) is 5.73 Å². The van der Waals surface area contributed by atoms with E-state index >= 15 is 0 Å². The number of carbonyl (C=O) groups is 1. The van der Waals surface area contributed by atoms with Crippen molar-refractivity contribution >= 4 is 24.1 Å². The second-order valence-corrected chi connectivity index (χ2v) is 4.25. The Morgan fingerprint density at radius 1 is 1.27 bits per heavy atom. The summed E-state index contributed by atoms with van der Waals surface area (Å²) in [7, 11) is 0. The average molecular weight is 335 g/mol. The lowest BCUT2D eigenvalue weighted by molar-refractivity contribution is -0.141. The Labute approximate surface area is 130 Å². The second-order valence-electron chi connectivity index (χ2n) is 4.25. The number of nitrogens with one attached hydrogen (secondary N) is 1. The van der Waals surface area contributed by atoms with E-state index < -0.39 is 23.4 Å². The largest absolute Gasteiger partial charge is 0.462 e. The molecular formula is C14H14ClF3N2O2. The fourth-order valence-electron chi connectivity index (χ4n) is 1.97. The Morgan fingerprint density at radius 2 is 1.86 bits per heavy atom. The number of aromatic amines is 1. The molecule has 0 aliphatic rings. The number of halogens is 4. The third-order valence-corrected chi connectivity index (χ3v) is 2.86. The summed E-state index contributed by atoms with van der Waals surface area (Å²) >= 11 is 0. The molecule has 4 nitrogen and oxygen atoms in total. The summed E-state index contributed by atoms with van der Waals surface area (Å²) in [6, 6.07) is 8.23. The Kier molecular flexibility index (Phi) is 5.48. The molecule has 1 heterocycles. The van der Waals surface area contributed by atoms with Crippen molar-refractivity contribution in [3.63, 3.8) is 0 Å². The molecule has 0 radical (unpaired) electrons. The van der Waals surface area contributed by atoms with Crippen molar-refractivity contribution in [1.82, 2.24) is 4.98 Å². The second kappa shape index (κ2) is 6.74. The van der Waals surface area contributed by atoms with Crippen molar-refractivity contribution < 1.29 is 22.7 Å². The SMILES string of the molecule is CCOC(=O)c1c(C(F)(F)F)[nH]c(-c2ccccc2)c1N.Cl. The van der Waals surface area contributed by atoms with E-state index in [1.807, 2.05) is 0 Å². The molecule has 22 heavy (non-hydrogen) atoms. The number of H-pyrrole nitrogens is 1. The van der Waals surface area contributed by atoms with Gasteiger partial charge in [-0.05, 0) is 6.92 Å². The number of benzene rings is 1. The molecule has 0 amide bonds. The molecule has 0 fully saturated rings. The van der Waals surface area contributed by atoms with E-state index in [1.165, 1.54) is 6.92 Å². The number of aromatic nitrogens is 1. The highest BCUT2D eigenvalue weighted by Gasteiger charge is 2.40. The van der Waals surface area contributed by atoms with E-state index in [0.29, 0.717) is 5.56 Å². The number of hydrogen-bond acceptors (Lipinski definition) is 3. The van der Waals surface area contributed by atoms with E-state index in [1.54, 1.807) is 30.3 Å². The quantitative estimate of drug-likeness (QED) is 0.837. The van der Waals surface area contributed by atoms with Gasteiger partial charge in [0.25, 0.3) is 0 Å². The van der Waals surface area contributed by atoms with Gasteiger partial charge in [0.1, 0.15) is 11.3 Å². The minimum absolute atomic E-state index is 0. The first-order chi connectivity index (χ1) is 9.86. The summed E-state index contributed by atoms with van der Waals surface area (Å²) < 4.78 is 43.8. The third-order valence-electron chi connectivity index (χ3n) is 2.86. The Hall–Kier alpha value is -2.15. The fraction of sp³-hybridized carbons (Fsp3) is 0.214. The molecule has 0 aliphatic heterocycles. The van der Waals surface area contributed by atoms with Crippen molar-refractivity contribution in [3.8, 4) is 11.3 Å². The first-order valence-corrected chi connectivity index (χ1v) is 6.17. The van der Waals surface area contributed by atoms with Gasteiger partial charge in [-0.15, -0.1) is 12.4 Å². The van der Waals surface area contributed by atoms with Gasteiger partial charge in [0, 0.05) is 5.56 Å². The van der Waals surface area contributed by atoms with Crippen LogP contribution in [0.3, 0.4) is 0 Å². The molecule has 120 valence electrons. The van der Waals surface area contributed by atoms with Crippen LogP contribution in [0.25, 0.3) is 11.3 Å². The third kappa shape index (κ3) is 3.36. The highest BCUT2D eigenvalue weighted by Crippen LogP contribution is 2.39. The lowest BCUT2D eigenvalue weighted by Crippen LogP contribution is -2.15. The van der Waals surface area contributed by atoms with Gasteiger partial charge in [-0.1, -0.05) is 30.3 Å². The number of hydrogen-bond donors (Lipinski definition) is 2. The maximum atomic E-state index is 13.1. The van der Waals surface area contributed by atoms with Gasteiger partial charge in [0.2, 0.25) is 0 Å². The maximum absolute atomic E-state index is 13.1. The number of esters is 1. The number of nitrogen functional groups attached to an aromatic ring is 1. The molecule has 0 spiro atoms. The van der Waals surface area contributed by atoms with Crippen LogP contribution in [-0.2, 0) is 10.9 Å². The van der Waals surface area contributed by atoms with Gasteiger partial charge in [-0.2, -0.15) is 13.2 Å². The monoisotopic (exact) mass is 334 g/mol. The summed E-state index contributed by atoms with van der Waals surface area (Å²) in [6.07, 6.45) is -4.73. The Morgan fingerprint density at radius 3 is 2.36 bits per heavy atom. The van der Waals surface area contributed by atoms with Crippen LogP contribution < -0.4 is 5.73 Å². The zero-order chi connectivity index (χ0) is 15.6. The summed E-state index contributed by atoms with van der Waals surface area (Å²) in [4.78, 5) is 14.0. The Bertz CT molecular complexity index is 654. The minimum atomic E-state index is -4.73. The van der Waals surface area contributed by atoms with E-state index in [9.17, 15) is 18.0 Å². The number of nitrogens with two attached hydrogens (primary N) is 1. The van der Waals surface area contributed by atoms with Crippen molar-refractivity contribution in [3.05, 3.63) is 41.6 Å². The summed E-state index contributed by atoms with van der Waals surface area (Å²) in [5.74, 6) is -1.10. The molecule has 8 heteroatoms. The van der Waals surface area contributed by atoms with Gasteiger partial charge in [0.15, 0.2) is 0 Å². The number of ether oxygens (including phenoxy) is 1. The average Bonchev–Trinajstić information content (AvgIpc) is 2.78. The lowest BCUT2D eigenvalue weighted by Gasteiger charge is -2.07. The van der Waals surface area contributed by atoms with Gasteiger partial charge in [-0.3, -0.25) is 0 Å². The van der Waals surface area contributed by atoms with Crippen LogP contribution in [0.15, 0.2) is 30.3 Å². The smallest absolute Gasteiger partial charge is 0.432 e. The number of carbonyl (C=O) groups excluding carboxylic acids is 1. The molecule has 0 aliphatic carbocycles. The van der Waals surface area contributed by atoms with Crippen molar-refractivity contribution in [2.24, 2.45) is 0 Å². The first-order valence-electron chi connectivity index (χ1n) is 6.17. The highest BCUT2D eigenvalue weighted by atomic mass is 35.5. The van der Waals surface area contributed by atoms with E-state index in [0.717, 1.165) is 0 Å². The van der Waals surface area contributed by atoms with Crippen LogP contribution in [0, 0.1) is 0 Å². The van der Waals surface area contributed by atoms with Gasteiger partial charge < -0.3 is 15.5 Å². The maximum Gasteiger partial charge on any atom is 0.432 e. The number of alkyl halides is 3. The molecule has 0 atom stereocenters. The number of anilines is 1. The van der Waals surface area contributed by atoms with Crippen LogP contribution in [-0.4, -0.2) is 17.6 Å². The number of rotatable bonds is 3. The molecule has 3 N–H and O–H groups in total. The summed E-state index contributed by atoms with van der Waals surface area (Å²) in [5, 5.41) is 0. The van der Waals surface area contributed by atoms with Crippen molar-refractivity contribution in [2.75, 3.05) is 12.3 Å². The molecule has 0 unspecified atom stereocenters. The van der Waals surface area contributed by atoms with Crippen molar-refractivity contribution in [1.29, 1.82) is 0 Å². The minimum Gasteiger partial charge on any atom is -0.462 e. The topological polar surface area (TPSA) is 68.1 Å². The molecule has 0 bridgehead atoms. The standard InChI is InChI=1S/C14H13F3N2O2.ClH/c1-2-21-13(20)9-10(18)11(8-6-4-3-5-7-8)19-12(9)14(15,16)17;/h3-7,19H,2,18H2,1H3;1H. The van der Waals surface area contributed by atoms with E-state index in [-0.39, 0.29) is 30.4 Å².